The van der Waals surface area contributed by atoms with E-state index in [4.69, 9.17) is 0 Å². The molecule has 0 radical (unpaired) electrons. The van der Waals surface area contributed by atoms with Gasteiger partial charge in [-0.1, -0.05) is 89.5 Å². The molecule has 1 heteroatoms. The zero-order chi connectivity index (χ0) is 28.8. The molecule has 0 atom stereocenters. The number of benzene rings is 6. The zero-order valence-corrected chi connectivity index (χ0v) is 25.0. The Morgan fingerprint density at radius 2 is 0.581 bits per heavy atom. The van der Waals surface area contributed by atoms with Gasteiger partial charge in [0.2, 0.25) is 0 Å². The van der Waals surface area contributed by atoms with Crippen LogP contribution in [0, 0.1) is 20.8 Å². The van der Waals surface area contributed by atoms with Gasteiger partial charge in [0.25, 0.3) is 0 Å². The molecule has 0 saturated carbocycles. The van der Waals surface area contributed by atoms with Gasteiger partial charge in [0.1, 0.15) is 0 Å². The molecule has 6 aromatic rings. The van der Waals surface area contributed by atoms with Gasteiger partial charge < -0.3 is 4.90 Å². The quantitative estimate of drug-likeness (QED) is 0.211. The SMILES string of the molecule is Cc1ccc2c(c1)-c1cc(N(c3ccc4c(c3)-c3cc(C)ccc3C4)c3ccc4c(c3)-c3cc(C)ccc3C4)ccc1C2. The molecular formula is C42H33N. The third kappa shape index (κ3) is 3.85. The average molecular weight is 552 g/mol. The molecular weight excluding hydrogens is 518 g/mol. The average Bonchev–Trinajstić information content (AvgIpc) is 3.68. The lowest BCUT2D eigenvalue weighted by atomic mass is 10.00. The van der Waals surface area contributed by atoms with Gasteiger partial charge in [0.15, 0.2) is 0 Å². The highest BCUT2D eigenvalue weighted by Crippen LogP contribution is 2.47. The minimum absolute atomic E-state index is 1.01. The normalized spacial score (nSPS) is 13.2. The standard InChI is InChI=1S/C42H33N/c1-25-4-7-28-19-31-10-13-34(22-40(31)37(28)16-25)43(35-14-11-32-20-29-8-5-26(2)17-38(29)41(32)23-35)36-15-12-33-21-30-9-6-27(3)18-39(30)42(33)24-36/h4-18,22-24H,19-21H2,1-3H3. The number of aryl methyl sites for hydroxylation is 3. The highest BCUT2D eigenvalue weighted by atomic mass is 15.1. The maximum Gasteiger partial charge on any atom is 0.0468 e. The van der Waals surface area contributed by atoms with Gasteiger partial charge in [-0.15, -0.1) is 0 Å². The van der Waals surface area contributed by atoms with Crippen LogP contribution in [0.5, 0.6) is 0 Å². The van der Waals surface area contributed by atoms with Crippen LogP contribution >= 0.6 is 0 Å². The Morgan fingerprint density at radius 3 is 0.884 bits per heavy atom. The van der Waals surface area contributed by atoms with Gasteiger partial charge in [-0.05, 0) is 143 Å². The fraction of sp³-hybridized carbons (Fsp3) is 0.143. The predicted octanol–water partition coefficient (Wildman–Crippen LogP) is 10.8. The first kappa shape index (κ1) is 24.7. The monoisotopic (exact) mass is 551 g/mol. The first-order valence-corrected chi connectivity index (χ1v) is 15.5. The van der Waals surface area contributed by atoms with Gasteiger partial charge in [-0.25, -0.2) is 0 Å². The van der Waals surface area contributed by atoms with E-state index in [9.17, 15) is 0 Å². The summed E-state index contributed by atoms with van der Waals surface area (Å²) < 4.78 is 0. The van der Waals surface area contributed by atoms with Crippen LogP contribution in [0.4, 0.5) is 17.1 Å². The number of fused-ring (bicyclic) bond motifs is 9. The van der Waals surface area contributed by atoms with Crippen LogP contribution in [0.2, 0.25) is 0 Å². The number of nitrogens with zero attached hydrogens (tertiary/aromatic N) is 1. The largest absolute Gasteiger partial charge is 0.310 e. The van der Waals surface area contributed by atoms with Crippen molar-refractivity contribution in [2.45, 2.75) is 40.0 Å². The number of rotatable bonds is 3. The Labute approximate surface area is 254 Å². The Morgan fingerprint density at radius 1 is 0.326 bits per heavy atom. The Bertz CT molecular complexity index is 1900. The van der Waals surface area contributed by atoms with E-state index in [0.717, 1.165) is 19.3 Å². The highest BCUT2D eigenvalue weighted by molar-refractivity contribution is 5.89. The summed E-state index contributed by atoms with van der Waals surface area (Å²) >= 11 is 0. The van der Waals surface area contributed by atoms with Crippen molar-refractivity contribution in [3.8, 4) is 33.4 Å². The Hall–Kier alpha value is -4.88. The van der Waals surface area contributed by atoms with E-state index in [-0.39, 0.29) is 0 Å². The molecule has 0 heterocycles. The van der Waals surface area contributed by atoms with Crippen molar-refractivity contribution in [2.75, 3.05) is 4.90 Å². The summed E-state index contributed by atoms with van der Waals surface area (Å²) in [4.78, 5) is 2.48. The van der Waals surface area contributed by atoms with E-state index >= 15 is 0 Å². The second kappa shape index (κ2) is 9.06. The summed E-state index contributed by atoms with van der Waals surface area (Å²) in [6.07, 6.45) is 3.03. The van der Waals surface area contributed by atoms with Gasteiger partial charge in [-0.2, -0.15) is 0 Å². The van der Waals surface area contributed by atoms with Crippen molar-refractivity contribution in [3.05, 3.63) is 159 Å². The summed E-state index contributed by atoms with van der Waals surface area (Å²) in [5.41, 5.74) is 24.3. The fourth-order valence-corrected chi connectivity index (χ4v) is 7.67. The zero-order valence-electron chi connectivity index (χ0n) is 25.0. The summed E-state index contributed by atoms with van der Waals surface area (Å²) in [5, 5.41) is 0. The molecule has 1 nitrogen and oxygen atoms in total. The van der Waals surface area contributed by atoms with Crippen molar-refractivity contribution >= 4 is 17.1 Å². The van der Waals surface area contributed by atoms with Crippen LogP contribution in [0.3, 0.4) is 0 Å². The minimum Gasteiger partial charge on any atom is -0.310 e. The third-order valence-corrected chi connectivity index (χ3v) is 9.86. The molecule has 43 heavy (non-hydrogen) atoms. The predicted molar refractivity (Wildman–Crippen MR) is 180 cm³/mol. The van der Waals surface area contributed by atoms with Gasteiger partial charge in [0.05, 0.1) is 0 Å². The van der Waals surface area contributed by atoms with Crippen molar-refractivity contribution in [3.63, 3.8) is 0 Å². The molecule has 6 aromatic carbocycles. The van der Waals surface area contributed by atoms with E-state index in [2.05, 4.69) is 135 Å². The lowest BCUT2D eigenvalue weighted by molar-refractivity contribution is 1.22. The molecule has 0 unspecified atom stereocenters. The number of hydrogen-bond acceptors (Lipinski definition) is 1. The van der Waals surface area contributed by atoms with E-state index in [0.29, 0.717) is 0 Å². The molecule has 0 aromatic heterocycles. The second-order valence-electron chi connectivity index (χ2n) is 12.9. The summed E-state index contributed by atoms with van der Waals surface area (Å²) in [5.74, 6) is 0. The lowest BCUT2D eigenvalue weighted by Crippen LogP contribution is -2.11. The lowest BCUT2D eigenvalue weighted by Gasteiger charge is -2.27. The molecule has 0 bridgehead atoms. The minimum atomic E-state index is 1.01. The summed E-state index contributed by atoms with van der Waals surface area (Å²) in [6, 6.07) is 42.1. The second-order valence-corrected chi connectivity index (χ2v) is 12.9. The molecule has 0 N–H and O–H groups in total. The van der Waals surface area contributed by atoms with Crippen LogP contribution < -0.4 is 4.90 Å². The van der Waals surface area contributed by atoms with Crippen LogP contribution in [-0.2, 0) is 19.3 Å². The first-order chi connectivity index (χ1) is 21.0. The van der Waals surface area contributed by atoms with E-state index in [1.807, 2.05) is 0 Å². The number of anilines is 3. The molecule has 3 aliphatic rings. The molecule has 0 aliphatic heterocycles. The summed E-state index contributed by atoms with van der Waals surface area (Å²) in [6.45, 7) is 6.59. The van der Waals surface area contributed by atoms with Crippen molar-refractivity contribution < 1.29 is 0 Å². The van der Waals surface area contributed by atoms with Gasteiger partial charge >= 0.3 is 0 Å². The molecule has 9 rings (SSSR count). The van der Waals surface area contributed by atoms with E-state index < -0.39 is 0 Å². The first-order valence-electron chi connectivity index (χ1n) is 15.5. The molecule has 206 valence electrons. The fourth-order valence-electron chi connectivity index (χ4n) is 7.67. The highest BCUT2D eigenvalue weighted by Gasteiger charge is 2.26. The maximum atomic E-state index is 2.48. The Kier molecular flexibility index (Phi) is 5.20. The van der Waals surface area contributed by atoms with Crippen LogP contribution in [-0.4, -0.2) is 0 Å². The molecule has 0 fully saturated rings. The van der Waals surface area contributed by atoms with Crippen molar-refractivity contribution in [1.29, 1.82) is 0 Å². The van der Waals surface area contributed by atoms with Crippen LogP contribution in [0.1, 0.15) is 50.1 Å². The smallest absolute Gasteiger partial charge is 0.0468 e. The van der Waals surface area contributed by atoms with E-state index in [1.54, 1.807) is 0 Å². The maximum absolute atomic E-state index is 2.48. The third-order valence-electron chi connectivity index (χ3n) is 9.86. The molecule has 0 amide bonds. The summed E-state index contributed by atoms with van der Waals surface area (Å²) in [7, 11) is 0. The Balaban J connectivity index is 1.24. The van der Waals surface area contributed by atoms with Gasteiger partial charge in [-0.3, -0.25) is 0 Å². The van der Waals surface area contributed by atoms with E-state index in [1.165, 1.54) is 101 Å². The van der Waals surface area contributed by atoms with Crippen LogP contribution in [0.15, 0.2) is 109 Å². The number of hydrogen-bond donors (Lipinski definition) is 0. The van der Waals surface area contributed by atoms with Crippen LogP contribution in [0.25, 0.3) is 33.4 Å². The topological polar surface area (TPSA) is 3.24 Å². The molecule has 0 spiro atoms. The van der Waals surface area contributed by atoms with Crippen molar-refractivity contribution in [1.82, 2.24) is 0 Å². The molecule has 3 aliphatic carbocycles. The van der Waals surface area contributed by atoms with Crippen molar-refractivity contribution in [2.24, 2.45) is 0 Å². The molecule has 0 saturated heterocycles. The van der Waals surface area contributed by atoms with Gasteiger partial charge in [0, 0.05) is 17.1 Å².